The van der Waals surface area contributed by atoms with Crippen molar-refractivity contribution < 1.29 is 29.4 Å². The molecule has 5 N–H and O–H groups in total. The van der Waals surface area contributed by atoms with Gasteiger partial charge in [0.1, 0.15) is 6.04 Å². The summed E-state index contributed by atoms with van der Waals surface area (Å²) in [6.45, 7) is 6.52. The van der Waals surface area contributed by atoms with Crippen molar-refractivity contribution in [2.24, 2.45) is 0 Å². The topological polar surface area (TPSA) is 140 Å². The Balaban J connectivity index is 1.58. The number of anilines is 1. The molecule has 1 aliphatic rings. The Hall–Kier alpha value is -3.31. The first kappa shape index (κ1) is 26.3. The van der Waals surface area contributed by atoms with Gasteiger partial charge in [-0.2, -0.15) is 0 Å². The van der Waals surface area contributed by atoms with E-state index in [0.29, 0.717) is 25.3 Å². The van der Waals surface area contributed by atoms with E-state index in [1.54, 1.807) is 12.1 Å². The molecule has 3 atom stereocenters. The molecule has 1 heterocycles. The summed E-state index contributed by atoms with van der Waals surface area (Å²) >= 11 is 0. The maximum atomic E-state index is 12.5. The molecule has 1 aliphatic heterocycles. The maximum absolute atomic E-state index is 12.5. The summed E-state index contributed by atoms with van der Waals surface area (Å²) in [5.74, 6) is -1.47. The zero-order valence-corrected chi connectivity index (χ0v) is 19.9. The molecule has 188 valence electrons. The van der Waals surface area contributed by atoms with E-state index in [2.05, 4.69) is 15.5 Å². The van der Waals surface area contributed by atoms with Crippen molar-refractivity contribution in [3.8, 4) is 0 Å². The third-order valence-corrected chi connectivity index (χ3v) is 6.00. The summed E-state index contributed by atoms with van der Waals surface area (Å²) in [7, 11) is 0. The Kier molecular flexibility index (Phi) is 9.32. The number of rotatable bonds is 9. The second kappa shape index (κ2) is 12.4. The summed E-state index contributed by atoms with van der Waals surface area (Å²) < 4.78 is 5.30. The average molecular weight is 485 g/mol. The minimum Gasteiger partial charge on any atom is -0.391 e. The minimum atomic E-state index is -1.28. The molecule has 0 radical (unpaired) electrons. The number of carbonyl (C=O) groups is 3. The van der Waals surface area contributed by atoms with Gasteiger partial charge in [-0.1, -0.05) is 31.2 Å². The zero-order valence-electron chi connectivity index (χ0n) is 19.9. The average Bonchev–Trinajstić information content (AvgIpc) is 2.87. The lowest BCUT2D eigenvalue weighted by atomic mass is 9.92. The number of hydroxylamine groups is 1. The molecule has 1 fully saturated rings. The van der Waals surface area contributed by atoms with Gasteiger partial charge in [0.05, 0.1) is 25.9 Å². The summed E-state index contributed by atoms with van der Waals surface area (Å²) in [5, 5.41) is 23.8. The van der Waals surface area contributed by atoms with E-state index < -0.39 is 24.0 Å². The molecule has 10 heteroatoms. The van der Waals surface area contributed by atoms with Crippen LogP contribution in [0.1, 0.15) is 41.3 Å². The van der Waals surface area contributed by atoms with Crippen molar-refractivity contribution in [3.05, 3.63) is 65.2 Å². The smallest absolute Gasteiger partial charge is 0.268 e. The summed E-state index contributed by atoms with van der Waals surface area (Å²) in [5.41, 5.74) is 4.50. The highest BCUT2D eigenvalue weighted by Crippen LogP contribution is 2.25. The summed E-state index contributed by atoms with van der Waals surface area (Å²) in [6.07, 6.45) is -1.18. The van der Waals surface area contributed by atoms with Gasteiger partial charge in [0.2, 0.25) is 5.91 Å². The Morgan fingerprint density at radius 2 is 1.54 bits per heavy atom. The van der Waals surface area contributed by atoms with Crippen LogP contribution in [-0.2, 0) is 14.3 Å². The minimum absolute atomic E-state index is 0.0376. The molecule has 35 heavy (non-hydrogen) atoms. The third-order valence-electron chi connectivity index (χ3n) is 6.00. The molecule has 0 aromatic heterocycles. The molecule has 3 amide bonds. The normalized spacial score (nSPS) is 16.6. The van der Waals surface area contributed by atoms with Crippen LogP contribution in [0.3, 0.4) is 0 Å². The second-order valence-electron chi connectivity index (χ2n) is 8.57. The molecule has 3 rings (SSSR count). The van der Waals surface area contributed by atoms with Crippen LogP contribution in [0.25, 0.3) is 0 Å². The van der Waals surface area contributed by atoms with Crippen LogP contribution in [0.5, 0.6) is 0 Å². The van der Waals surface area contributed by atoms with Gasteiger partial charge in [-0.05, 0) is 42.3 Å². The Morgan fingerprint density at radius 3 is 2.09 bits per heavy atom. The molecule has 0 spiro atoms. The predicted molar refractivity (Wildman–Crippen MR) is 129 cm³/mol. The van der Waals surface area contributed by atoms with Gasteiger partial charge in [0, 0.05) is 30.3 Å². The first-order valence-electron chi connectivity index (χ1n) is 11.5. The van der Waals surface area contributed by atoms with Crippen molar-refractivity contribution in [1.82, 2.24) is 15.7 Å². The molecule has 10 nitrogen and oxygen atoms in total. The van der Waals surface area contributed by atoms with Crippen LogP contribution in [-0.4, -0.2) is 77.9 Å². The lowest BCUT2D eigenvalue weighted by molar-refractivity contribution is -0.133. The number of carbonyl (C=O) groups excluding carboxylic acids is 3. The third kappa shape index (κ3) is 7.33. The van der Waals surface area contributed by atoms with E-state index >= 15 is 0 Å². The molecule has 1 saturated heterocycles. The van der Waals surface area contributed by atoms with E-state index in [0.717, 1.165) is 29.9 Å². The lowest BCUT2D eigenvalue weighted by Crippen LogP contribution is -2.51. The van der Waals surface area contributed by atoms with Crippen molar-refractivity contribution in [3.63, 3.8) is 0 Å². The van der Waals surface area contributed by atoms with Crippen LogP contribution in [0.15, 0.2) is 48.5 Å². The van der Waals surface area contributed by atoms with E-state index in [-0.39, 0.29) is 11.8 Å². The quantitative estimate of drug-likeness (QED) is 0.265. The fraction of sp³-hybridized carbons (Fsp3) is 0.400. The monoisotopic (exact) mass is 484 g/mol. The number of hydrogen-bond acceptors (Lipinski definition) is 7. The highest BCUT2D eigenvalue weighted by Gasteiger charge is 2.25. The van der Waals surface area contributed by atoms with Gasteiger partial charge in [0.15, 0.2) is 0 Å². The van der Waals surface area contributed by atoms with Crippen molar-refractivity contribution in [2.45, 2.75) is 31.9 Å². The fourth-order valence-electron chi connectivity index (χ4n) is 3.83. The largest absolute Gasteiger partial charge is 0.391 e. The molecular formula is C25H32N4O6. The van der Waals surface area contributed by atoms with E-state index in [1.807, 2.05) is 43.3 Å². The SMILES string of the molecule is CC(c1ccc(NC(=O)CN2CCOCC2)cc1)c1ccc(C(=O)N[C@H](C(=O)NO)[C@@H](C)O)cc1. The van der Waals surface area contributed by atoms with Crippen LogP contribution < -0.4 is 16.1 Å². The summed E-state index contributed by atoms with van der Waals surface area (Å²) in [4.78, 5) is 38.4. The Bertz CT molecular complexity index is 1000. The van der Waals surface area contributed by atoms with Gasteiger partial charge in [-0.3, -0.25) is 24.5 Å². The fourth-order valence-corrected chi connectivity index (χ4v) is 3.83. The van der Waals surface area contributed by atoms with Gasteiger partial charge < -0.3 is 20.5 Å². The second-order valence-corrected chi connectivity index (χ2v) is 8.57. The Labute approximate surface area is 204 Å². The van der Waals surface area contributed by atoms with Crippen molar-refractivity contribution in [1.29, 1.82) is 0 Å². The molecule has 0 saturated carbocycles. The zero-order chi connectivity index (χ0) is 25.4. The molecule has 1 unspecified atom stereocenters. The van der Waals surface area contributed by atoms with Gasteiger partial charge in [-0.25, -0.2) is 5.48 Å². The first-order valence-corrected chi connectivity index (χ1v) is 11.5. The van der Waals surface area contributed by atoms with E-state index in [9.17, 15) is 19.5 Å². The summed E-state index contributed by atoms with van der Waals surface area (Å²) in [6, 6.07) is 13.3. The number of aliphatic hydroxyl groups is 1. The lowest BCUT2D eigenvalue weighted by Gasteiger charge is -2.25. The van der Waals surface area contributed by atoms with Gasteiger partial charge in [-0.15, -0.1) is 0 Å². The van der Waals surface area contributed by atoms with Crippen molar-refractivity contribution >= 4 is 23.4 Å². The number of hydrogen-bond donors (Lipinski definition) is 5. The van der Waals surface area contributed by atoms with Crippen molar-refractivity contribution in [2.75, 3.05) is 38.2 Å². The Morgan fingerprint density at radius 1 is 0.971 bits per heavy atom. The number of morpholine rings is 1. The predicted octanol–water partition coefficient (Wildman–Crippen LogP) is 1.09. The van der Waals surface area contributed by atoms with E-state index in [4.69, 9.17) is 9.94 Å². The number of nitrogens with one attached hydrogen (secondary N) is 3. The maximum Gasteiger partial charge on any atom is 0.268 e. The van der Waals surface area contributed by atoms with Crippen LogP contribution >= 0.6 is 0 Å². The van der Waals surface area contributed by atoms with Gasteiger partial charge in [0.25, 0.3) is 11.8 Å². The highest BCUT2D eigenvalue weighted by molar-refractivity contribution is 5.97. The number of amides is 3. The van der Waals surface area contributed by atoms with Crippen LogP contribution in [0, 0.1) is 0 Å². The van der Waals surface area contributed by atoms with Crippen LogP contribution in [0.2, 0.25) is 0 Å². The highest BCUT2D eigenvalue weighted by atomic mass is 16.5. The number of aliphatic hydroxyl groups excluding tert-OH is 1. The number of benzene rings is 2. The number of nitrogens with zero attached hydrogens (tertiary/aromatic N) is 1. The molecular weight excluding hydrogens is 452 g/mol. The standard InChI is InChI=1S/C25H32N4O6/c1-16(18-3-5-20(6-4-18)24(32)27-23(17(2)30)25(33)28-34)19-7-9-21(10-8-19)26-22(31)15-29-11-13-35-14-12-29/h3-10,16-17,23,30,34H,11-15H2,1-2H3,(H,26,31)(H,27,32)(H,28,33)/t16?,17-,23+/m1/s1. The molecule has 0 bridgehead atoms. The molecule has 0 aliphatic carbocycles. The molecule has 2 aromatic carbocycles. The van der Waals surface area contributed by atoms with Gasteiger partial charge >= 0.3 is 0 Å². The van der Waals surface area contributed by atoms with Crippen LogP contribution in [0.4, 0.5) is 5.69 Å². The first-order chi connectivity index (χ1) is 16.8. The molecule has 2 aromatic rings. The van der Waals surface area contributed by atoms with E-state index in [1.165, 1.54) is 12.4 Å². The number of ether oxygens (including phenoxy) is 1.